The van der Waals surface area contributed by atoms with E-state index in [1.165, 1.54) is 6.92 Å². The first kappa shape index (κ1) is 26.6. The zero-order valence-corrected chi connectivity index (χ0v) is 17.0. The zero-order valence-electron chi connectivity index (χ0n) is 16.1. The molecule has 0 aromatic carbocycles. The molecule has 0 aromatic rings. The minimum absolute atomic E-state index is 0.136. The van der Waals surface area contributed by atoms with Crippen molar-refractivity contribution in [1.29, 1.82) is 0 Å². The molecule has 29 heavy (non-hydrogen) atoms. The molecule has 0 aromatic heterocycles. The first-order valence-corrected chi connectivity index (χ1v) is 9.58. The predicted octanol–water partition coefficient (Wildman–Crippen LogP) is -2.59. The molecule has 0 aliphatic rings. The van der Waals surface area contributed by atoms with Crippen molar-refractivity contribution >= 4 is 42.3 Å². The van der Waals surface area contributed by atoms with Crippen LogP contribution in [0.15, 0.2) is 0 Å². The van der Waals surface area contributed by atoms with E-state index < -0.39 is 60.2 Å². The fourth-order valence-electron chi connectivity index (χ4n) is 2.18. The highest BCUT2D eigenvalue weighted by Gasteiger charge is 2.28. The Bertz CT molecular complexity index is 604. The van der Waals surface area contributed by atoms with Gasteiger partial charge in [-0.15, -0.1) is 0 Å². The van der Waals surface area contributed by atoms with E-state index in [1.807, 2.05) is 0 Å². The molecule has 0 saturated heterocycles. The zero-order chi connectivity index (χ0) is 22.6. The number of carboxylic acids is 2. The van der Waals surface area contributed by atoms with Gasteiger partial charge in [-0.25, -0.2) is 4.79 Å². The van der Waals surface area contributed by atoms with Gasteiger partial charge in [-0.3, -0.25) is 19.2 Å². The second-order valence-corrected chi connectivity index (χ2v) is 6.73. The quantitative estimate of drug-likeness (QED) is 0.106. The molecule has 13 heteroatoms. The molecule has 0 spiro atoms. The standard InChI is InChI=1S/C16H29N5O7S/c1-8(13(24)20-10(16(27)28)4-2-3-5-17)19-15(26)11(7-29)21-14(25)9(18)6-12(22)23/h8-11,29H,2-7,17-18H2,1H3,(H,19,26)(H,20,24)(H,21,25)(H,22,23)(H,27,28). The molecule has 0 aliphatic heterocycles. The molecule has 4 unspecified atom stereocenters. The lowest BCUT2D eigenvalue weighted by atomic mass is 10.1. The third-order valence-electron chi connectivity index (χ3n) is 3.86. The Balaban J connectivity index is 4.76. The highest BCUT2D eigenvalue weighted by Crippen LogP contribution is 2.02. The number of hydrogen-bond donors (Lipinski definition) is 8. The molecule has 0 bridgehead atoms. The summed E-state index contributed by atoms with van der Waals surface area (Å²) in [6, 6.07) is -4.73. The first-order valence-electron chi connectivity index (χ1n) is 8.95. The average molecular weight is 436 g/mol. The van der Waals surface area contributed by atoms with Gasteiger partial charge in [0.1, 0.15) is 18.1 Å². The number of nitrogens with two attached hydrogens (primary N) is 2. The number of amides is 3. The number of carbonyl (C=O) groups excluding carboxylic acids is 3. The number of aliphatic carboxylic acids is 2. The van der Waals surface area contributed by atoms with Crippen molar-refractivity contribution < 1.29 is 34.2 Å². The van der Waals surface area contributed by atoms with Crippen molar-refractivity contribution in [2.24, 2.45) is 11.5 Å². The summed E-state index contributed by atoms with van der Waals surface area (Å²) in [5.74, 6) is -4.95. The number of unbranched alkanes of at least 4 members (excludes halogenated alkanes) is 1. The number of hydrogen-bond acceptors (Lipinski definition) is 8. The van der Waals surface area contributed by atoms with Gasteiger partial charge < -0.3 is 37.6 Å². The van der Waals surface area contributed by atoms with Gasteiger partial charge in [0, 0.05) is 5.75 Å². The van der Waals surface area contributed by atoms with Gasteiger partial charge in [0.2, 0.25) is 17.7 Å². The topological polar surface area (TPSA) is 214 Å². The molecule has 0 radical (unpaired) electrons. The summed E-state index contributed by atoms with van der Waals surface area (Å²) in [4.78, 5) is 58.1. The van der Waals surface area contributed by atoms with Gasteiger partial charge in [0.05, 0.1) is 12.5 Å². The summed E-state index contributed by atoms with van der Waals surface area (Å²) >= 11 is 3.95. The Hall–Kier alpha value is -2.38. The Labute approximate surface area is 173 Å². The SMILES string of the molecule is CC(NC(=O)C(CS)NC(=O)C(N)CC(=O)O)C(=O)NC(CCCCN)C(=O)O. The average Bonchev–Trinajstić information content (AvgIpc) is 2.63. The van der Waals surface area contributed by atoms with Crippen LogP contribution in [0.2, 0.25) is 0 Å². The maximum absolute atomic E-state index is 12.3. The maximum Gasteiger partial charge on any atom is 0.326 e. The molecule has 166 valence electrons. The van der Waals surface area contributed by atoms with Crippen LogP contribution in [0.5, 0.6) is 0 Å². The van der Waals surface area contributed by atoms with Crippen LogP contribution in [0.1, 0.15) is 32.6 Å². The summed E-state index contributed by atoms with van der Waals surface area (Å²) in [6.07, 6.45) is 0.695. The third kappa shape index (κ3) is 10.7. The maximum atomic E-state index is 12.3. The van der Waals surface area contributed by atoms with Crippen LogP contribution in [-0.2, 0) is 24.0 Å². The molecular formula is C16H29N5O7S. The van der Waals surface area contributed by atoms with Crippen LogP contribution in [0, 0.1) is 0 Å². The summed E-state index contributed by atoms with van der Waals surface area (Å²) in [7, 11) is 0. The molecule has 0 saturated carbocycles. The van der Waals surface area contributed by atoms with Crippen LogP contribution in [0.4, 0.5) is 0 Å². The van der Waals surface area contributed by atoms with Gasteiger partial charge in [-0.05, 0) is 32.7 Å². The number of thiol groups is 1. The Morgan fingerprint density at radius 3 is 2.00 bits per heavy atom. The number of carboxylic acid groups (broad SMARTS) is 2. The Morgan fingerprint density at radius 1 is 0.931 bits per heavy atom. The first-order chi connectivity index (χ1) is 13.5. The smallest absolute Gasteiger partial charge is 0.326 e. The van der Waals surface area contributed by atoms with Gasteiger partial charge >= 0.3 is 11.9 Å². The molecular weight excluding hydrogens is 406 g/mol. The second kappa shape index (κ2) is 13.7. The second-order valence-electron chi connectivity index (χ2n) is 6.36. The van der Waals surface area contributed by atoms with Crippen LogP contribution in [0.3, 0.4) is 0 Å². The van der Waals surface area contributed by atoms with Crippen molar-refractivity contribution in [3.8, 4) is 0 Å². The van der Waals surface area contributed by atoms with Gasteiger partial charge in [0.25, 0.3) is 0 Å². The third-order valence-corrected chi connectivity index (χ3v) is 4.23. The lowest BCUT2D eigenvalue weighted by Crippen LogP contribution is -2.57. The van der Waals surface area contributed by atoms with Crippen molar-refractivity contribution in [3.05, 3.63) is 0 Å². The predicted molar refractivity (Wildman–Crippen MR) is 106 cm³/mol. The van der Waals surface area contributed by atoms with Crippen LogP contribution >= 0.6 is 12.6 Å². The molecule has 3 amide bonds. The van der Waals surface area contributed by atoms with Crippen LogP contribution in [0.25, 0.3) is 0 Å². The van der Waals surface area contributed by atoms with Gasteiger partial charge in [0.15, 0.2) is 0 Å². The lowest BCUT2D eigenvalue weighted by molar-refractivity contribution is -0.142. The van der Waals surface area contributed by atoms with E-state index in [2.05, 4.69) is 28.6 Å². The Morgan fingerprint density at radius 2 is 1.52 bits per heavy atom. The van der Waals surface area contributed by atoms with Gasteiger partial charge in [-0.1, -0.05) is 0 Å². The van der Waals surface area contributed by atoms with Crippen LogP contribution < -0.4 is 27.4 Å². The molecule has 0 fully saturated rings. The summed E-state index contributed by atoms with van der Waals surface area (Å²) in [6.45, 7) is 1.75. The molecule has 0 heterocycles. The van der Waals surface area contributed by atoms with E-state index in [9.17, 15) is 29.1 Å². The van der Waals surface area contributed by atoms with E-state index in [0.29, 0.717) is 19.4 Å². The number of nitrogens with one attached hydrogen (secondary N) is 3. The van der Waals surface area contributed by atoms with Crippen molar-refractivity contribution in [2.45, 2.75) is 56.8 Å². The van der Waals surface area contributed by atoms with E-state index in [0.717, 1.165) is 0 Å². The fourth-order valence-corrected chi connectivity index (χ4v) is 2.44. The normalized spacial score (nSPS) is 14.8. The monoisotopic (exact) mass is 435 g/mol. The lowest BCUT2D eigenvalue weighted by Gasteiger charge is -2.22. The number of rotatable bonds is 14. The minimum Gasteiger partial charge on any atom is -0.481 e. The van der Waals surface area contributed by atoms with E-state index >= 15 is 0 Å². The van der Waals surface area contributed by atoms with Crippen molar-refractivity contribution in [1.82, 2.24) is 16.0 Å². The van der Waals surface area contributed by atoms with E-state index in [-0.39, 0.29) is 12.2 Å². The van der Waals surface area contributed by atoms with Crippen molar-refractivity contribution in [2.75, 3.05) is 12.3 Å². The molecule has 4 atom stereocenters. The highest BCUT2D eigenvalue weighted by atomic mass is 32.1. The van der Waals surface area contributed by atoms with Gasteiger partial charge in [-0.2, -0.15) is 12.6 Å². The molecule has 0 aliphatic carbocycles. The molecule has 9 N–H and O–H groups in total. The largest absolute Gasteiger partial charge is 0.481 e. The molecule has 0 rings (SSSR count). The Kier molecular flexibility index (Phi) is 12.6. The highest BCUT2D eigenvalue weighted by molar-refractivity contribution is 7.80. The summed E-state index contributed by atoms with van der Waals surface area (Å²) in [5, 5.41) is 24.8. The van der Waals surface area contributed by atoms with E-state index in [1.54, 1.807) is 0 Å². The van der Waals surface area contributed by atoms with Crippen molar-refractivity contribution in [3.63, 3.8) is 0 Å². The van der Waals surface area contributed by atoms with Crippen LogP contribution in [-0.4, -0.2) is 76.3 Å². The van der Waals surface area contributed by atoms with E-state index in [4.69, 9.17) is 16.6 Å². The number of carbonyl (C=O) groups is 5. The summed E-state index contributed by atoms with van der Waals surface area (Å²) < 4.78 is 0. The molecule has 12 nitrogen and oxygen atoms in total. The fraction of sp³-hybridized carbons (Fsp3) is 0.688. The minimum atomic E-state index is -1.35. The summed E-state index contributed by atoms with van der Waals surface area (Å²) in [5.41, 5.74) is 10.8.